The molecule has 0 aromatic heterocycles. The topological polar surface area (TPSA) is 88.1 Å². The van der Waals surface area contributed by atoms with Crippen molar-refractivity contribution in [1.82, 2.24) is 10.2 Å². The van der Waals surface area contributed by atoms with E-state index in [-0.39, 0.29) is 18.1 Å². The van der Waals surface area contributed by atoms with Crippen LogP contribution in [0.25, 0.3) is 0 Å². The van der Waals surface area contributed by atoms with Gasteiger partial charge < -0.3 is 19.9 Å². The van der Waals surface area contributed by atoms with Gasteiger partial charge in [0.1, 0.15) is 0 Å². The summed E-state index contributed by atoms with van der Waals surface area (Å²) in [4.78, 5) is 24.1. The molecule has 1 heterocycles. The molecule has 0 aliphatic carbocycles. The minimum absolute atomic E-state index is 0.167. The first-order valence-corrected chi connectivity index (χ1v) is 4.70. The van der Waals surface area contributed by atoms with E-state index in [0.29, 0.717) is 0 Å². The van der Waals surface area contributed by atoms with Gasteiger partial charge in [-0.1, -0.05) is 0 Å². The molecule has 2 N–H and O–H groups in total. The molecule has 0 aromatic rings. The zero-order chi connectivity index (χ0) is 12.3. The summed E-state index contributed by atoms with van der Waals surface area (Å²) < 4.78 is 9.54. The Bertz CT molecular complexity index is 339. The first-order chi connectivity index (χ1) is 7.52. The summed E-state index contributed by atoms with van der Waals surface area (Å²) in [6.45, 7) is 1.80. The fourth-order valence-electron chi connectivity index (χ4n) is 1.21. The maximum atomic E-state index is 11.6. The van der Waals surface area contributed by atoms with Crippen LogP contribution in [0.15, 0.2) is 11.5 Å². The minimum Gasteiger partial charge on any atom is -0.489 e. The van der Waals surface area contributed by atoms with E-state index in [0.717, 1.165) is 4.90 Å². The van der Waals surface area contributed by atoms with E-state index < -0.39 is 18.2 Å². The van der Waals surface area contributed by atoms with Gasteiger partial charge in [-0.05, 0) is 6.92 Å². The van der Waals surface area contributed by atoms with E-state index in [9.17, 15) is 14.7 Å². The molecule has 0 aromatic carbocycles. The zero-order valence-corrected chi connectivity index (χ0v) is 9.31. The van der Waals surface area contributed by atoms with E-state index in [2.05, 4.69) is 5.32 Å². The van der Waals surface area contributed by atoms with Crippen molar-refractivity contribution in [1.29, 1.82) is 0 Å². The average molecular weight is 230 g/mol. The molecule has 7 heteroatoms. The van der Waals surface area contributed by atoms with Crippen LogP contribution in [0.3, 0.4) is 0 Å². The molecule has 0 saturated heterocycles. The summed E-state index contributed by atoms with van der Waals surface area (Å²) in [7, 11) is 2.64. The van der Waals surface area contributed by atoms with E-state index in [4.69, 9.17) is 9.47 Å². The highest BCUT2D eigenvalue weighted by Crippen LogP contribution is 2.15. The number of carbonyl (C=O) groups excluding carboxylic acids is 2. The second-order valence-electron chi connectivity index (χ2n) is 3.06. The molecule has 0 bridgehead atoms. The Labute approximate surface area is 92.6 Å². The van der Waals surface area contributed by atoms with Crippen molar-refractivity contribution in [3.8, 4) is 0 Å². The third-order valence-corrected chi connectivity index (χ3v) is 2.07. The molecule has 1 amide bonds. The van der Waals surface area contributed by atoms with Gasteiger partial charge >= 0.3 is 5.97 Å². The molecule has 1 aliphatic rings. The van der Waals surface area contributed by atoms with Gasteiger partial charge in [0.2, 0.25) is 12.1 Å². The monoisotopic (exact) mass is 230 g/mol. The number of esters is 1. The number of aliphatic hydroxyl groups is 1. The predicted octanol–water partition coefficient (Wildman–Crippen LogP) is -1.25. The fourth-order valence-corrected chi connectivity index (χ4v) is 1.21. The van der Waals surface area contributed by atoms with Gasteiger partial charge in [-0.15, -0.1) is 0 Å². The Hall–Kier alpha value is -1.76. The Morgan fingerprint density at radius 2 is 2.25 bits per heavy atom. The van der Waals surface area contributed by atoms with Crippen molar-refractivity contribution in [2.75, 3.05) is 20.8 Å². The van der Waals surface area contributed by atoms with Crippen LogP contribution in [0, 0.1) is 0 Å². The number of nitrogens with one attached hydrogen (secondary N) is 1. The zero-order valence-electron chi connectivity index (χ0n) is 9.31. The van der Waals surface area contributed by atoms with Gasteiger partial charge in [0.05, 0.1) is 13.7 Å². The van der Waals surface area contributed by atoms with Crippen molar-refractivity contribution >= 4 is 11.9 Å². The Kier molecular flexibility index (Phi) is 3.73. The number of amides is 1. The maximum Gasteiger partial charge on any atom is 0.358 e. The van der Waals surface area contributed by atoms with Gasteiger partial charge in [-0.3, -0.25) is 9.69 Å². The normalized spacial score (nSPS) is 20.6. The quantitative estimate of drug-likeness (QED) is 0.589. The molecule has 7 nitrogen and oxygen atoms in total. The molecule has 0 radical (unpaired) electrons. The molecule has 0 fully saturated rings. The van der Waals surface area contributed by atoms with E-state index in [1.165, 1.54) is 14.2 Å². The van der Waals surface area contributed by atoms with Gasteiger partial charge in [0.25, 0.3) is 5.91 Å². The largest absolute Gasteiger partial charge is 0.489 e. The number of rotatable bonds is 3. The van der Waals surface area contributed by atoms with E-state index in [1.54, 1.807) is 6.92 Å². The highest BCUT2D eigenvalue weighted by molar-refractivity contribution is 6.02. The SMILES string of the molecule is CCOC(=O)C1=C(OC)C(=O)N(C)C(O)N1. The van der Waals surface area contributed by atoms with Crippen LogP contribution in [0.4, 0.5) is 0 Å². The van der Waals surface area contributed by atoms with Crippen LogP contribution in [0.2, 0.25) is 0 Å². The molecule has 1 aliphatic heterocycles. The third-order valence-electron chi connectivity index (χ3n) is 2.07. The average Bonchev–Trinajstić information content (AvgIpc) is 2.26. The van der Waals surface area contributed by atoms with Crippen molar-refractivity contribution in [2.45, 2.75) is 13.3 Å². The van der Waals surface area contributed by atoms with Gasteiger partial charge in [0, 0.05) is 7.05 Å². The lowest BCUT2D eigenvalue weighted by Crippen LogP contribution is -2.53. The number of hydrogen-bond donors (Lipinski definition) is 2. The lowest BCUT2D eigenvalue weighted by Gasteiger charge is -2.31. The number of ether oxygens (including phenoxy) is 2. The predicted molar refractivity (Wildman–Crippen MR) is 52.6 cm³/mol. The van der Waals surface area contributed by atoms with Crippen LogP contribution in [-0.2, 0) is 19.1 Å². The summed E-state index contributed by atoms with van der Waals surface area (Å²) in [6, 6.07) is 0. The number of nitrogens with zero attached hydrogens (tertiary/aromatic N) is 1. The number of hydrogen-bond acceptors (Lipinski definition) is 6. The van der Waals surface area contributed by atoms with E-state index >= 15 is 0 Å². The molecule has 1 unspecified atom stereocenters. The van der Waals surface area contributed by atoms with Crippen molar-refractivity contribution in [3.05, 3.63) is 11.5 Å². The first-order valence-electron chi connectivity index (χ1n) is 4.70. The number of methoxy groups -OCH3 is 1. The molecule has 1 rings (SSSR count). The summed E-state index contributed by atoms with van der Waals surface area (Å²) in [5.41, 5.74) is -0.167. The second-order valence-corrected chi connectivity index (χ2v) is 3.06. The summed E-state index contributed by atoms with van der Waals surface area (Å²) in [5, 5.41) is 11.9. The molecule has 16 heavy (non-hydrogen) atoms. The molecular weight excluding hydrogens is 216 g/mol. The molecule has 1 atom stereocenters. The summed E-state index contributed by atoms with van der Waals surface area (Å²) in [5.74, 6) is -1.50. The van der Waals surface area contributed by atoms with Crippen molar-refractivity contribution in [2.24, 2.45) is 0 Å². The Morgan fingerprint density at radius 3 is 2.75 bits per heavy atom. The van der Waals surface area contributed by atoms with E-state index in [1.807, 2.05) is 0 Å². The molecular formula is C9H14N2O5. The number of aliphatic hydroxyl groups excluding tert-OH is 1. The van der Waals surface area contributed by atoms with Crippen molar-refractivity contribution in [3.63, 3.8) is 0 Å². The Balaban J connectivity index is 3.06. The highest BCUT2D eigenvalue weighted by atomic mass is 16.5. The second kappa shape index (κ2) is 4.84. The lowest BCUT2D eigenvalue weighted by atomic mass is 10.2. The van der Waals surface area contributed by atoms with Crippen LogP contribution in [0.1, 0.15) is 6.92 Å². The molecule has 90 valence electrons. The lowest BCUT2D eigenvalue weighted by molar-refractivity contribution is -0.149. The van der Waals surface area contributed by atoms with Gasteiger partial charge in [0.15, 0.2) is 5.70 Å². The Morgan fingerprint density at radius 1 is 1.62 bits per heavy atom. The summed E-state index contributed by atoms with van der Waals surface area (Å²) >= 11 is 0. The molecule has 0 saturated carbocycles. The van der Waals surface area contributed by atoms with Crippen LogP contribution in [0.5, 0.6) is 0 Å². The molecule has 0 spiro atoms. The third kappa shape index (κ3) is 2.08. The fraction of sp³-hybridized carbons (Fsp3) is 0.556. The highest BCUT2D eigenvalue weighted by Gasteiger charge is 2.35. The van der Waals surface area contributed by atoms with Gasteiger partial charge in [-0.2, -0.15) is 0 Å². The van der Waals surface area contributed by atoms with Crippen LogP contribution < -0.4 is 5.32 Å². The minimum atomic E-state index is -1.27. The standard InChI is InChI=1S/C9H14N2O5/c1-4-16-8(13)5-6(15-3)7(12)11(2)9(14)10-5/h9-10,14H,4H2,1-3H3. The van der Waals surface area contributed by atoms with Gasteiger partial charge in [-0.25, -0.2) is 4.79 Å². The smallest absolute Gasteiger partial charge is 0.358 e. The number of carbonyl (C=O) groups is 2. The van der Waals surface area contributed by atoms with Crippen LogP contribution >= 0.6 is 0 Å². The van der Waals surface area contributed by atoms with Crippen LogP contribution in [-0.4, -0.2) is 49.0 Å². The number of likely N-dealkylation sites (N-methyl/N-ethyl adjacent to an activating group) is 1. The summed E-state index contributed by atoms with van der Waals surface area (Å²) in [6.07, 6.45) is -1.27. The maximum absolute atomic E-state index is 11.6. The first kappa shape index (κ1) is 12.3. The van der Waals surface area contributed by atoms with Crippen molar-refractivity contribution < 1.29 is 24.2 Å².